The molecule has 1 fully saturated rings. The Labute approximate surface area is 177 Å². The Kier molecular flexibility index (Phi) is 7.13. The maximum Gasteiger partial charge on any atom is 0.266 e. The molecule has 0 radical (unpaired) electrons. The number of aliphatic hydroxyl groups excluding tert-OH is 1. The highest BCUT2D eigenvalue weighted by molar-refractivity contribution is 8.26. The van der Waals surface area contributed by atoms with Gasteiger partial charge in [0.1, 0.15) is 16.7 Å². The van der Waals surface area contributed by atoms with Crippen LogP contribution in [-0.2, 0) is 16.0 Å². The molecular formula is C21H19FN2O3S2. The Bertz CT molecular complexity index is 950. The lowest BCUT2D eigenvalue weighted by molar-refractivity contribution is -0.129. The Morgan fingerprint density at radius 3 is 2.69 bits per heavy atom. The van der Waals surface area contributed by atoms with Crippen LogP contribution in [0.2, 0.25) is 0 Å². The first kappa shape index (κ1) is 21.2. The van der Waals surface area contributed by atoms with Gasteiger partial charge in [-0.1, -0.05) is 66.4 Å². The summed E-state index contributed by atoms with van der Waals surface area (Å²) in [5.41, 5.74) is 1.52. The van der Waals surface area contributed by atoms with E-state index >= 15 is 0 Å². The lowest BCUT2D eigenvalue weighted by Gasteiger charge is -2.19. The number of halogens is 1. The molecular weight excluding hydrogens is 411 g/mol. The van der Waals surface area contributed by atoms with E-state index in [-0.39, 0.29) is 17.5 Å². The first-order chi connectivity index (χ1) is 14.0. The predicted molar refractivity (Wildman–Crippen MR) is 115 cm³/mol. The van der Waals surface area contributed by atoms with Crippen LogP contribution in [0.15, 0.2) is 59.5 Å². The summed E-state index contributed by atoms with van der Waals surface area (Å²) >= 11 is 6.29. The van der Waals surface area contributed by atoms with Crippen molar-refractivity contribution >= 4 is 46.2 Å². The lowest BCUT2D eigenvalue weighted by atomic mass is 10.1. The number of carbonyl (C=O) groups excluding carboxylic acids is 2. The Morgan fingerprint density at radius 1 is 1.24 bits per heavy atom. The molecule has 0 aliphatic carbocycles. The third-order valence-electron chi connectivity index (χ3n) is 4.23. The number of aliphatic hydroxyl groups is 1. The van der Waals surface area contributed by atoms with Crippen LogP contribution < -0.4 is 5.32 Å². The van der Waals surface area contributed by atoms with Crippen molar-refractivity contribution in [2.24, 2.45) is 0 Å². The Balaban J connectivity index is 1.62. The van der Waals surface area contributed by atoms with Gasteiger partial charge in [-0.15, -0.1) is 0 Å². The molecule has 2 aromatic carbocycles. The molecule has 1 unspecified atom stereocenters. The highest BCUT2D eigenvalue weighted by atomic mass is 32.2. The van der Waals surface area contributed by atoms with Crippen LogP contribution in [0.5, 0.6) is 0 Å². The summed E-state index contributed by atoms with van der Waals surface area (Å²) in [5.74, 6) is -1.21. The van der Waals surface area contributed by atoms with Crippen molar-refractivity contribution in [2.45, 2.75) is 12.5 Å². The zero-order valence-electron chi connectivity index (χ0n) is 15.4. The van der Waals surface area contributed by atoms with E-state index in [2.05, 4.69) is 5.32 Å². The minimum atomic E-state index is -0.467. The van der Waals surface area contributed by atoms with E-state index < -0.39 is 23.7 Å². The number of benzene rings is 2. The quantitative estimate of drug-likeness (QED) is 0.522. The summed E-state index contributed by atoms with van der Waals surface area (Å²) in [6, 6.07) is 14.9. The normalized spacial score (nSPS) is 16.3. The van der Waals surface area contributed by atoms with Crippen LogP contribution in [0.25, 0.3) is 6.08 Å². The highest BCUT2D eigenvalue weighted by Crippen LogP contribution is 2.32. The molecule has 2 N–H and O–H groups in total. The van der Waals surface area contributed by atoms with E-state index in [0.29, 0.717) is 16.9 Å². The number of hydrogen-bond donors (Lipinski definition) is 2. The average molecular weight is 431 g/mol. The summed E-state index contributed by atoms with van der Waals surface area (Å²) in [4.78, 5) is 26.6. The second-order valence-corrected chi connectivity index (χ2v) is 8.14. The molecule has 2 aromatic rings. The summed E-state index contributed by atoms with van der Waals surface area (Å²) in [5, 5.41) is 12.3. The maximum atomic E-state index is 13.3. The van der Waals surface area contributed by atoms with Crippen LogP contribution in [0.4, 0.5) is 4.39 Å². The van der Waals surface area contributed by atoms with Crippen LogP contribution >= 0.6 is 24.0 Å². The van der Waals surface area contributed by atoms with Gasteiger partial charge in [0.25, 0.3) is 5.91 Å². The molecule has 150 valence electrons. The van der Waals surface area contributed by atoms with E-state index in [1.165, 1.54) is 17.0 Å². The van der Waals surface area contributed by atoms with Gasteiger partial charge in [-0.05, 0) is 35.8 Å². The second-order valence-electron chi connectivity index (χ2n) is 6.46. The lowest BCUT2D eigenvalue weighted by Crippen LogP contribution is -2.45. The van der Waals surface area contributed by atoms with E-state index in [0.717, 1.165) is 17.3 Å². The van der Waals surface area contributed by atoms with Crippen LogP contribution in [0.3, 0.4) is 0 Å². The Morgan fingerprint density at radius 2 is 2.00 bits per heavy atom. The minimum Gasteiger partial charge on any atom is -0.394 e. The summed E-state index contributed by atoms with van der Waals surface area (Å²) < 4.78 is 13.6. The number of amides is 2. The number of hydrogen-bond acceptors (Lipinski definition) is 5. The smallest absolute Gasteiger partial charge is 0.266 e. The molecule has 5 nitrogen and oxygen atoms in total. The standard InChI is InChI=1S/C21H19FN2O3S2/c22-16-8-4-7-15(9-16)11-18-20(27)24(21(28)29-18)12-19(26)23-17(13-25)10-14-5-2-1-3-6-14/h1-9,11,17,25H,10,12-13H2,(H,23,26)/b18-11-. The molecule has 1 atom stereocenters. The van der Waals surface area contributed by atoms with Gasteiger partial charge >= 0.3 is 0 Å². The van der Waals surface area contributed by atoms with Gasteiger partial charge in [0.05, 0.1) is 17.6 Å². The molecule has 1 heterocycles. The largest absolute Gasteiger partial charge is 0.394 e. The first-order valence-electron chi connectivity index (χ1n) is 8.91. The van der Waals surface area contributed by atoms with Gasteiger partial charge in [0, 0.05) is 0 Å². The fraction of sp³-hybridized carbons (Fsp3) is 0.190. The summed E-state index contributed by atoms with van der Waals surface area (Å²) in [6.07, 6.45) is 2.02. The summed E-state index contributed by atoms with van der Waals surface area (Å²) in [7, 11) is 0. The fourth-order valence-electron chi connectivity index (χ4n) is 2.86. The molecule has 0 spiro atoms. The van der Waals surface area contributed by atoms with Crippen LogP contribution in [-0.4, -0.2) is 45.3 Å². The van der Waals surface area contributed by atoms with Crippen molar-refractivity contribution in [3.05, 3.63) is 76.4 Å². The molecule has 1 aliphatic rings. The molecule has 0 aromatic heterocycles. The molecule has 8 heteroatoms. The van der Waals surface area contributed by atoms with Crippen molar-refractivity contribution in [3.8, 4) is 0 Å². The van der Waals surface area contributed by atoms with Crippen LogP contribution in [0.1, 0.15) is 11.1 Å². The van der Waals surface area contributed by atoms with Crippen molar-refractivity contribution in [1.82, 2.24) is 10.2 Å². The number of thiocarbonyl (C=S) groups is 1. The number of nitrogens with zero attached hydrogens (tertiary/aromatic N) is 1. The van der Waals surface area contributed by atoms with Crippen molar-refractivity contribution in [2.75, 3.05) is 13.2 Å². The zero-order valence-corrected chi connectivity index (χ0v) is 17.0. The molecule has 1 saturated heterocycles. The number of rotatable bonds is 7. The highest BCUT2D eigenvalue weighted by Gasteiger charge is 2.33. The van der Waals surface area contributed by atoms with Crippen LogP contribution in [0, 0.1) is 5.82 Å². The number of thioether (sulfide) groups is 1. The van der Waals surface area contributed by atoms with Gasteiger partial charge in [-0.3, -0.25) is 14.5 Å². The van der Waals surface area contributed by atoms with E-state index in [1.54, 1.807) is 18.2 Å². The van der Waals surface area contributed by atoms with Gasteiger partial charge < -0.3 is 10.4 Å². The average Bonchev–Trinajstić information content (AvgIpc) is 2.95. The van der Waals surface area contributed by atoms with E-state index in [1.807, 2.05) is 30.3 Å². The molecule has 29 heavy (non-hydrogen) atoms. The van der Waals surface area contributed by atoms with Crippen molar-refractivity contribution in [3.63, 3.8) is 0 Å². The van der Waals surface area contributed by atoms with Gasteiger partial charge in [-0.25, -0.2) is 4.39 Å². The van der Waals surface area contributed by atoms with Crippen molar-refractivity contribution in [1.29, 1.82) is 0 Å². The predicted octanol–water partition coefficient (Wildman–Crippen LogP) is 2.75. The minimum absolute atomic E-state index is 0.224. The third-order valence-corrected chi connectivity index (χ3v) is 5.61. The van der Waals surface area contributed by atoms with E-state index in [4.69, 9.17) is 12.2 Å². The SMILES string of the molecule is O=C(CN1C(=O)/C(=C/c2cccc(F)c2)SC1=S)NC(CO)Cc1ccccc1. The maximum absolute atomic E-state index is 13.3. The summed E-state index contributed by atoms with van der Waals surface area (Å²) in [6.45, 7) is -0.463. The zero-order chi connectivity index (χ0) is 20.8. The second kappa shape index (κ2) is 9.78. The van der Waals surface area contributed by atoms with Crippen molar-refractivity contribution < 1.29 is 19.1 Å². The third kappa shape index (κ3) is 5.72. The topological polar surface area (TPSA) is 69.6 Å². The molecule has 0 saturated carbocycles. The number of carbonyl (C=O) groups is 2. The van der Waals surface area contributed by atoms with E-state index in [9.17, 15) is 19.1 Å². The number of nitrogens with one attached hydrogen (secondary N) is 1. The molecule has 2 amide bonds. The first-order valence-corrected chi connectivity index (χ1v) is 10.1. The fourth-order valence-corrected chi connectivity index (χ4v) is 4.12. The molecule has 1 aliphatic heterocycles. The van der Waals surface area contributed by atoms with Gasteiger partial charge in [0.2, 0.25) is 5.91 Å². The Hall–Kier alpha value is -2.55. The van der Waals surface area contributed by atoms with Gasteiger partial charge in [0.15, 0.2) is 0 Å². The monoisotopic (exact) mass is 430 g/mol. The van der Waals surface area contributed by atoms with Gasteiger partial charge in [-0.2, -0.15) is 0 Å². The molecule has 0 bridgehead atoms. The molecule has 3 rings (SSSR count).